The molecule has 1 amide bonds. The third-order valence-electron chi connectivity index (χ3n) is 5.51. The highest BCUT2D eigenvalue weighted by Crippen LogP contribution is 2.32. The number of para-hydroxylation sites is 1. The first kappa shape index (κ1) is 19.1. The van der Waals surface area contributed by atoms with E-state index < -0.39 is 0 Å². The Morgan fingerprint density at radius 3 is 2.82 bits per heavy atom. The highest BCUT2D eigenvalue weighted by Gasteiger charge is 2.25. The Hall–Kier alpha value is -2.24. The topological polar surface area (TPSA) is 45.2 Å². The Morgan fingerprint density at radius 2 is 2.00 bits per heavy atom. The molecular formula is C23H27N3OS. The molecule has 5 heteroatoms. The van der Waals surface area contributed by atoms with Crippen molar-refractivity contribution < 1.29 is 4.79 Å². The van der Waals surface area contributed by atoms with Gasteiger partial charge in [-0.25, -0.2) is 4.98 Å². The molecule has 28 heavy (non-hydrogen) atoms. The van der Waals surface area contributed by atoms with Crippen molar-refractivity contribution in [3.63, 3.8) is 0 Å². The number of likely N-dealkylation sites (tertiary alicyclic amines) is 1. The highest BCUT2D eigenvalue weighted by atomic mass is 32.1. The quantitative estimate of drug-likeness (QED) is 0.675. The zero-order valence-corrected chi connectivity index (χ0v) is 17.1. The van der Waals surface area contributed by atoms with Crippen molar-refractivity contribution in [1.29, 1.82) is 0 Å². The first-order valence-corrected chi connectivity index (χ1v) is 10.9. The minimum atomic E-state index is 0.118. The van der Waals surface area contributed by atoms with E-state index in [2.05, 4.69) is 47.5 Å². The minimum absolute atomic E-state index is 0.118. The average Bonchev–Trinajstić information content (AvgIpc) is 3.17. The molecule has 1 aromatic heterocycles. The van der Waals surface area contributed by atoms with E-state index in [1.807, 2.05) is 24.3 Å². The van der Waals surface area contributed by atoms with Gasteiger partial charge in [0, 0.05) is 19.0 Å². The first-order valence-electron chi connectivity index (χ1n) is 10.1. The van der Waals surface area contributed by atoms with Gasteiger partial charge in [0.05, 0.1) is 21.8 Å². The van der Waals surface area contributed by atoms with Gasteiger partial charge in [0.2, 0.25) is 5.91 Å². The Bertz CT molecular complexity index is 891. The number of amides is 1. The van der Waals surface area contributed by atoms with Crippen LogP contribution in [0.4, 0.5) is 0 Å². The lowest BCUT2D eigenvalue weighted by molar-refractivity contribution is -0.122. The van der Waals surface area contributed by atoms with Gasteiger partial charge < -0.3 is 5.32 Å². The van der Waals surface area contributed by atoms with Crippen LogP contribution < -0.4 is 5.32 Å². The summed E-state index contributed by atoms with van der Waals surface area (Å²) in [4.78, 5) is 19.6. The number of hydrogen-bond acceptors (Lipinski definition) is 4. The summed E-state index contributed by atoms with van der Waals surface area (Å²) < 4.78 is 1.25. The number of rotatable bonds is 6. The second-order valence-corrected chi connectivity index (χ2v) is 8.77. The molecule has 0 bridgehead atoms. The molecule has 2 heterocycles. The Labute approximate surface area is 170 Å². The van der Waals surface area contributed by atoms with Crippen LogP contribution in [-0.2, 0) is 4.79 Å². The van der Waals surface area contributed by atoms with Gasteiger partial charge in [0.1, 0.15) is 0 Å². The van der Waals surface area contributed by atoms with Crippen molar-refractivity contribution in [1.82, 2.24) is 15.2 Å². The zero-order valence-electron chi connectivity index (χ0n) is 16.3. The van der Waals surface area contributed by atoms with Gasteiger partial charge in [0.15, 0.2) is 0 Å². The smallest absolute Gasteiger partial charge is 0.234 e. The van der Waals surface area contributed by atoms with Crippen LogP contribution in [0.15, 0.2) is 54.6 Å². The van der Waals surface area contributed by atoms with Crippen molar-refractivity contribution in [2.75, 3.05) is 26.2 Å². The first-order chi connectivity index (χ1) is 13.7. The molecule has 0 aliphatic carbocycles. The van der Waals surface area contributed by atoms with E-state index in [-0.39, 0.29) is 5.91 Å². The van der Waals surface area contributed by atoms with Crippen molar-refractivity contribution in [2.45, 2.75) is 31.6 Å². The van der Waals surface area contributed by atoms with E-state index in [1.165, 1.54) is 15.3 Å². The fourth-order valence-corrected chi connectivity index (χ4v) is 4.98. The molecule has 4 rings (SSSR count). The van der Waals surface area contributed by atoms with Gasteiger partial charge in [-0.3, -0.25) is 9.69 Å². The molecule has 2 aromatic carbocycles. The van der Waals surface area contributed by atoms with E-state index in [0.717, 1.165) is 31.4 Å². The van der Waals surface area contributed by atoms with Crippen LogP contribution in [0.25, 0.3) is 10.2 Å². The Morgan fingerprint density at radius 1 is 1.21 bits per heavy atom. The number of benzene rings is 2. The van der Waals surface area contributed by atoms with E-state index in [9.17, 15) is 4.79 Å². The normalized spacial score (nSPS) is 18.8. The van der Waals surface area contributed by atoms with Crippen LogP contribution in [0.5, 0.6) is 0 Å². The van der Waals surface area contributed by atoms with Crippen molar-refractivity contribution in [2.24, 2.45) is 0 Å². The molecule has 146 valence electrons. The van der Waals surface area contributed by atoms with Gasteiger partial charge in [0.25, 0.3) is 0 Å². The van der Waals surface area contributed by atoms with Crippen LogP contribution in [-0.4, -0.2) is 42.0 Å². The standard InChI is InChI=1S/C23H27N3OS/c1-17(18-8-3-2-4-9-18)14-24-22(27)16-26-13-7-10-19(15-26)23-25-20-11-5-6-12-21(20)28-23/h2-6,8-9,11-12,17,19H,7,10,13-16H2,1H3,(H,24,27)/t17-,19-/m0/s1. The lowest BCUT2D eigenvalue weighted by Crippen LogP contribution is -2.42. The second-order valence-electron chi connectivity index (χ2n) is 7.71. The van der Waals surface area contributed by atoms with E-state index >= 15 is 0 Å². The van der Waals surface area contributed by atoms with Crippen LogP contribution >= 0.6 is 11.3 Å². The third kappa shape index (κ3) is 4.59. The summed E-state index contributed by atoms with van der Waals surface area (Å²) in [7, 11) is 0. The van der Waals surface area contributed by atoms with E-state index in [1.54, 1.807) is 11.3 Å². The SMILES string of the molecule is C[C@@H](CNC(=O)CN1CCC[C@H](c2nc3ccccc3s2)C1)c1ccccc1. The number of hydrogen-bond donors (Lipinski definition) is 1. The lowest BCUT2D eigenvalue weighted by atomic mass is 9.98. The van der Waals surface area contributed by atoms with Crippen molar-refractivity contribution >= 4 is 27.5 Å². The number of fused-ring (bicyclic) bond motifs is 1. The van der Waals surface area contributed by atoms with Crippen LogP contribution in [0.2, 0.25) is 0 Å². The molecule has 0 unspecified atom stereocenters. The molecule has 1 saturated heterocycles. The number of thiazole rings is 1. The van der Waals surface area contributed by atoms with Gasteiger partial charge in [-0.2, -0.15) is 0 Å². The Kier molecular flexibility index (Phi) is 6.03. The molecule has 0 spiro atoms. The molecule has 3 aromatic rings. The molecular weight excluding hydrogens is 366 g/mol. The maximum absolute atomic E-state index is 12.5. The summed E-state index contributed by atoms with van der Waals surface area (Å²) in [6.07, 6.45) is 2.28. The summed E-state index contributed by atoms with van der Waals surface area (Å²) in [6.45, 7) is 5.21. The minimum Gasteiger partial charge on any atom is -0.354 e. The molecule has 4 nitrogen and oxygen atoms in total. The summed E-state index contributed by atoms with van der Waals surface area (Å²) >= 11 is 1.80. The molecule has 2 atom stereocenters. The number of nitrogens with one attached hydrogen (secondary N) is 1. The van der Waals surface area contributed by atoms with Crippen molar-refractivity contribution in [3.8, 4) is 0 Å². The number of nitrogens with zero attached hydrogens (tertiary/aromatic N) is 2. The highest BCUT2D eigenvalue weighted by molar-refractivity contribution is 7.18. The molecule has 1 aliphatic heterocycles. The zero-order chi connectivity index (χ0) is 19.3. The van der Waals surface area contributed by atoms with Gasteiger partial charge >= 0.3 is 0 Å². The fourth-order valence-electron chi connectivity index (χ4n) is 3.89. The average molecular weight is 394 g/mol. The number of aromatic nitrogens is 1. The van der Waals surface area contributed by atoms with Crippen LogP contribution in [0.3, 0.4) is 0 Å². The molecule has 1 fully saturated rings. The van der Waals surface area contributed by atoms with Crippen molar-refractivity contribution in [3.05, 3.63) is 65.2 Å². The molecule has 1 N–H and O–H groups in total. The predicted molar refractivity (Wildman–Crippen MR) is 116 cm³/mol. The predicted octanol–water partition coefficient (Wildman–Crippen LogP) is 4.40. The third-order valence-corrected chi connectivity index (χ3v) is 6.71. The van der Waals surface area contributed by atoms with E-state index in [0.29, 0.717) is 24.9 Å². The Balaban J connectivity index is 1.30. The lowest BCUT2D eigenvalue weighted by Gasteiger charge is -2.31. The maximum atomic E-state index is 12.5. The second kappa shape index (κ2) is 8.84. The summed E-state index contributed by atoms with van der Waals surface area (Å²) in [5.74, 6) is 0.872. The largest absolute Gasteiger partial charge is 0.354 e. The summed E-state index contributed by atoms with van der Waals surface area (Å²) in [5.41, 5.74) is 2.35. The summed E-state index contributed by atoms with van der Waals surface area (Å²) in [6, 6.07) is 18.7. The number of carbonyl (C=O) groups excluding carboxylic acids is 1. The van der Waals surface area contributed by atoms with Crippen LogP contribution in [0.1, 0.15) is 42.2 Å². The van der Waals surface area contributed by atoms with Gasteiger partial charge in [-0.05, 0) is 43.0 Å². The molecule has 1 aliphatic rings. The van der Waals surface area contributed by atoms with Gasteiger partial charge in [-0.1, -0.05) is 49.4 Å². The van der Waals surface area contributed by atoms with E-state index in [4.69, 9.17) is 4.98 Å². The molecule has 0 radical (unpaired) electrons. The number of piperidine rings is 1. The monoisotopic (exact) mass is 393 g/mol. The maximum Gasteiger partial charge on any atom is 0.234 e. The number of carbonyl (C=O) groups is 1. The van der Waals surface area contributed by atoms with Gasteiger partial charge in [-0.15, -0.1) is 11.3 Å². The summed E-state index contributed by atoms with van der Waals surface area (Å²) in [5, 5.41) is 4.32. The fraction of sp³-hybridized carbons (Fsp3) is 0.391. The van der Waals surface area contributed by atoms with Crippen LogP contribution in [0, 0.1) is 0 Å². The molecule has 0 saturated carbocycles.